The number of para-hydroxylation sites is 1. The molecule has 0 aliphatic heterocycles. The minimum absolute atomic E-state index is 0.0506. The van der Waals surface area contributed by atoms with Crippen molar-refractivity contribution in [2.75, 3.05) is 18.4 Å². The summed E-state index contributed by atoms with van der Waals surface area (Å²) in [7, 11) is 0. The Bertz CT molecular complexity index is 549. The second-order valence-electron chi connectivity index (χ2n) is 4.22. The molecule has 0 saturated heterocycles. The van der Waals surface area contributed by atoms with Crippen molar-refractivity contribution in [3.05, 3.63) is 29.3 Å². The maximum absolute atomic E-state index is 12.1. The third kappa shape index (κ3) is 3.72. The van der Waals surface area contributed by atoms with Crippen LogP contribution >= 0.6 is 0 Å². The number of amides is 2. The van der Waals surface area contributed by atoms with Crippen LogP contribution in [0.4, 0.5) is 10.5 Å². The van der Waals surface area contributed by atoms with Crippen LogP contribution in [-0.2, 0) is 0 Å². The summed E-state index contributed by atoms with van der Waals surface area (Å²) in [5.74, 6) is -1.09. The Kier molecular flexibility index (Phi) is 5.54. The van der Waals surface area contributed by atoms with Crippen molar-refractivity contribution < 1.29 is 14.7 Å². The maximum Gasteiger partial charge on any atom is 0.337 e. The van der Waals surface area contributed by atoms with Crippen molar-refractivity contribution in [3.8, 4) is 6.07 Å². The minimum Gasteiger partial charge on any atom is -0.478 e. The van der Waals surface area contributed by atoms with Crippen LogP contribution in [0.5, 0.6) is 0 Å². The lowest BCUT2D eigenvalue weighted by Crippen LogP contribution is -2.36. The molecule has 0 radical (unpaired) electrons. The standard InChI is InChI=1S/C14H17N3O3/c1-3-17(9-5-8-15)14(20)16-12-10(2)6-4-7-11(12)13(18)19/h4,6-7H,3,5,9H2,1-2H3,(H,16,20)(H,18,19). The van der Waals surface area contributed by atoms with Gasteiger partial charge in [-0.25, -0.2) is 9.59 Å². The first kappa shape index (κ1) is 15.5. The number of carbonyl (C=O) groups excluding carboxylic acids is 1. The van der Waals surface area contributed by atoms with Crippen LogP contribution in [0.2, 0.25) is 0 Å². The molecule has 0 aromatic heterocycles. The molecule has 1 rings (SSSR count). The molecule has 0 heterocycles. The normalized spacial score (nSPS) is 9.65. The minimum atomic E-state index is -1.09. The van der Waals surface area contributed by atoms with Crippen LogP contribution in [-0.4, -0.2) is 35.1 Å². The van der Waals surface area contributed by atoms with Gasteiger partial charge in [-0.2, -0.15) is 5.26 Å². The maximum atomic E-state index is 12.1. The van der Waals surface area contributed by atoms with Crippen molar-refractivity contribution in [3.63, 3.8) is 0 Å². The third-order valence-corrected chi connectivity index (χ3v) is 2.90. The molecule has 106 valence electrons. The van der Waals surface area contributed by atoms with Gasteiger partial charge in [0.1, 0.15) is 0 Å². The van der Waals surface area contributed by atoms with Crippen LogP contribution in [0.1, 0.15) is 29.3 Å². The molecule has 0 bridgehead atoms. The van der Waals surface area contributed by atoms with E-state index in [1.165, 1.54) is 11.0 Å². The fourth-order valence-corrected chi connectivity index (χ4v) is 1.79. The van der Waals surface area contributed by atoms with E-state index in [9.17, 15) is 9.59 Å². The predicted molar refractivity (Wildman–Crippen MR) is 74.6 cm³/mol. The number of carbonyl (C=O) groups is 2. The topological polar surface area (TPSA) is 93.4 Å². The molecule has 20 heavy (non-hydrogen) atoms. The number of carboxylic acids is 1. The van der Waals surface area contributed by atoms with Gasteiger partial charge < -0.3 is 15.3 Å². The van der Waals surface area contributed by atoms with Crippen LogP contribution in [0.3, 0.4) is 0 Å². The zero-order chi connectivity index (χ0) is 15.1. The zero-order valence-corrected chi connectivity index (χ0v) is 11.5. The third-order valence-electron chi connectivity index (χ3n) is 2.90. The van der Waals surface area contributed by atoms with Gasteiger partial charge in [0.25, 0.3) is 0 Å². The van der Waals surface area contributed by atoms with Gasteiger partial charge in [-0.1, -0.05) is 12.1 Å². The molecule has 2 N–H and O–H groups in total. The summed E-state index contributed by atoms with van der Waals surface area (Å²) in [5, 5.41) is 20.3. The SMILES string of the molecule is CCN(CCC#N)C(=O)Nc1c(C)cccc1C(=O)O. The quantitative estimate of drug-likeness (QED) is 0.863. The van der Waals surface area contributed by atoms with Crippen LogP contribution in [0, 0.1) is 18.3 Å². The highest BCUT2D eigenvalue weighted by Crippen LogP contribution is 2.21. The number of nitrogens with one attached hydrogen (secondary N) is 1. The monoisotopic (exact) mass is 275 g/mol. The first-order valence-corrected chi connectivity index (χ1v) is 6.27. The van der Waals surface area contributed by atoms with E-state index < -0.39 is 12.0 Å². The van der Waals surface area contributed by atoms with E-state index in [0.29, 0.717) is 24.3 Å². The molecule has 0 fully saturated rings. The Balaban J connectivity index is 2.95. The molecule has 0 unspecified atom stereocenters. The molecule has 2 amide bonds. The van der Waals surface area contributed by atoms with Crippen molar-refractivity contribution in [1.82, 2.24) is 4.90 Å². The van der Waals surface area contributed by atoms with Crippen LogP contribution in [0.25, 0.3) is 0 Å². The van der Waals surface area contributed by atoms with Gasteiger partial charge in [0.15, 0.2) is 0 Å². The van der Waals surface area contributed by atoms with Crippen molar-refractivity contribution >= 4 is 17.7 Å². The highest BCUT2D eigenvalue weighted by Gasteiger charge is 2.17. The van der Waals surface area contributed by atoms with Crippen LogP contribution < -0.4 is 5.32 Å². The van der Waals surface area contributed by atoms with E-state index in [0.717, 1.165) is 0 Å². The Hall–Kier alpha value is -2.55. The Morgan fingerprint density at radius 2 is 2.15 bits per heavy atom. The number of rotatable bonds is 5. The van der Waals surface area contributed by atoms with Crippen molar-refractivity contribution in [2.45, 2.75) is 20.3 Å². The Morgan fingerprint density at radius 3 is 2.70 bits per heavy atom. The molecule has 6 heteroatoms. The van der Waals surface area contributed by atoms with E-state index in [4.69, 9.17) is 10.4 Å². The predicted octanol–water partition coefficient (Wildman–Crippen LogP) is 2.46. The van der Waals surface area contributed by atoms with Gasteiger partial charge in [-0.05, 0) is 25.5 Å². The number of anilines is 1. The van der Waals surface area contributed by atoms with Gasteiger partial charge in [-0.3, -0.25) is 0 Å². The lowest BCUT2D eigenvalue weighted by atomic mass is 10.1. The number of hydrogen-bond acceptors (Lipinski definition) is 3. The van der Waals surface area contributed by atoms with Gasteiger partial charge in [0, 0.05) is 13.1 Å². The molecular formula is C14H17N3O3. The number of benzene rings is 1. The van der Waals surface area contributed by atoms with E-state index in [-0.39, 0.29) is 12.0 Å². The summed E-state index contributed by atoms with van der Waals surface area (Å²) < 4.78 is 0. The molecule has 1 aromatic rings. The molecule has 0 aliphatic carbocycles. The number of aromatic carboxylic acids is 1. The summed E-state index contributed by atoms with van der Waals surface area (Å²) in [5.41, 5.74) is 1.02. The van der Waals surface area contributed by atoms with Crippen molar-refractivity contribution in [2.24, 2.45) is 0 Å². The van der Waals surface area contributed by atoms with Gasteiger partial charge >= 0.3 is 12.0 Å². The van der Waals surface area contributed by atoms with Crippen LogP contribution in [0.15, 0.2) is 18.2 Å². The summed E-state index contributed by atoms with van der Waals surface area (Å²) in [6.07, 6.45) is 0.237. The van der Waals surface area contributed by atoms with E-state index >= 15 is 0 Å². The molecule has 0 atom stereocenters. The fourth-order valence-electron chi connectivity index (χ4n) is 1.79. The van der Waals surface area contributed by atoms with Gasteiger partial charge in [0.05, 0.1) is 23.7 Å². The number of nitrogens with zero attached hydrogens (tertiary/aromatic N) is 2. The zero-order valence-electron chi connectivity index (χ0n) is 11.5. The Morgan fingerprint density at radius 1 is 1.45 bits per heavy atom. The first-order chi connectivity index (χ1) is 9.51. The first-order valence-electron chi connectivity index (χ1n) is 6.27. The van der Waals surface area contributed by atoms with Gasteiger partial charge in [-0.15, -0.1) is 0 Å². The second-order valence-corrected chi connectivity index (χ2v) is 4.22. The molecule has 6 nitrogen and oxygen atoms in total. The smallest absolute Gasteiger partial charge is 0.337 e. The number of carboxylic acid groups (broad SMARTS) is 1. The fraction of sp³-hybridized carbons (Fsp3) is 0.357. The van der Waals surface area contributed by atoms with E-state index in [2.05, 4.69) is 5.32 Å². The number of hydrogen-bond donors (Lipinski definition) is 2. The lowest BCUT2D eigenvalue weighted by Gasteiger charge is -2.21. The lowest BCUT2D eigenvalue weighted by molar-refractivity contribution is 0.0698. The molecule has 0 saturated carbocycles. The number of nitriles is 1. The van der Waals surface area contributed by atoms with E-state index in [1.54, 1.807) is 26.0 Å². The summed E-state index contributed by atoms with van der Waals surface area (Å²) in [4.78, 5) is 24.7. The number of aryl methyl sites for hydroxylation is 1. The second kappa shape index (κ2) is 7.14. The molecule has 1 aromatic carbocycles. The summed E-state index contributed by atoms with van der Waals surface area (Å²) in [6.45, 7) is 4.29. The van der Waals surface area contributed by atoms with E-state index in [1.807, 2.05) is 6.07 Å². The molecule has 0 aliphatic rings. The highest BCUT2D eigenvalue weighted by atomic mass is 16.4. The largest absolute Gasteiger partial charge is 0.478 e. The highest BCUT2D eigenvalue weighted by molar-refractivity contribution is 6.00. The van der Waals surface area contributed by atoms with Crippen molar-refractivity contribution in [1.29, 1.82) is 5.26 Å². The summed E-state index contributed by atoms with van der Waals surface area (Å²) in [6, 6.07) is 6.37. The molecule has 0 spiro atoms. The number of urea groups is 1. The average Bonchev–Trinajstić information content (AvgIpc) is 2.41. The Labute approximate surface area is 117 Å². The average molecular weight is 275 g/mol. The summed E-state index contributed by atoms with van der Waals surface area (Å²) >= 11 is 0. The van der Waals surface area contributed by atoms with Gasteiger partial charge in [0.2, 0.25) is 0 Å². The molecular weight excluding hydrogens is 258 g/mol.